The Balaban J connectivity index is 1.77. The first-order valence-electron chi connectivity index (χ1n) is 11.4. The minimum atomic E-state index is -0.0186. The van der Waals surface area contributed by atoms with E-state index in [9.17, 15) is 0 Å². The van der Waals surface area contributed by atoms with Crippen LogP contribution in [-0.2, 0) is 23.9 Å². The molecule has 0 N–H and O–H groups in total. The van der Waals surface area contributed by atoms with Crippen LogP contribution in [0.5, 0.6) is 0 Å². The maximum absolute atomic E-state index is 2.66. The normalized spacial score (nSPS) is 18.6. The van der Waals surface area contributed by atoms with E-state index < -0.39 is 0 Å². The van der Waals surface area contributed by atoms with E-state index in [0.29, 0.717) is 0 Å². The monoisotopic (exact) mass is 403 g/mol. The van der Waals surface area contributed by atoms with Gasteiger partial charge in [0, 0.05) is 39.2 Å². The Morgan fingerprint density at radius 3 is 2.32 bits per heavy atom. The number of hydrogen-bond acceptors (Lipinski definition) is 0. The van der Waals surface area contributed by atoms with E-state index >= 15 is 0 Å². The number of benzene rings is 2. The molecule has 0 fully saturated rings. The Kier molecular flexibility index (Phi) is 2.48. The summed E-state index contributed by atoms with van der Waals surface area (Å²) in [5, 5.41) is 2.97. The molecule has 2 aromatic carbocycles. The van der Waals surface area contributed by atoms with E-state index in [1.807, 2.05) is 0 Å². The smallest absolute Gasteiger partial charge is 0.218 e. The fraction of sp³-hybridized carbons (Fsp3) is 0.286. The standard InChI is InChI=1S/C28H25N3/c1-27(2)19-12-13-29-14-17-10-11-18-15-30-22(16-8-6-5-7-9-16)25(28(27,3)4)31-23(19)24(29)20(17)21(18)26(30)31/h5-13H,14-15H2,1-4H3/q+2. The SMILES string of the molecule is CC1(C)c2cc[n+]3c4c5c(ccc6c5c5n(c(c(-c7ccccc7)[n+]5C6)C1(C)C)c24)C3. The van der Waals surface area contributed by atoms with Gasteiger partial charge < -0.3 is 0 Å². The number of nitrogens with zero attached hydrogens (tertiary/aromatic N) is 3. The van der Waals surface area contributed by atoms with Gasteiger partial charge in [0.2, 0.25) is 5.52 Å². The van der Waals surface area contributed by atoms with Gasteiger partial charge in [-0.2, -0.15) is 8.97 Å². The van der Waals surface area contributed by atoms with Crippen molar-refractivity contribution >= 4 is 27.5 Å². The molecule has 3 aliphatic rings. The molecule has 3 nitrogen and oxygen atoms in total. The fourth-order valence-electron chi connectivity index (χ4n) is 6.82. The Morgan fingerprint density at radius 2 is 1.55 bits per heavy atom. The number of rotatable bonds is 1. The molecule has 3 aliphatic heterocycles. The van der Waals surface area contributed by atoms with Gasteiger partial charge in [-0.15, -0.1) is 0 Å². The van der Waals surface area contributed by atoms with Gasteiger partial charge in [0.25, 0.3) is 11.2 Å². The van der Waals surface area contributed by atoms with E-state index in [0.717, 1.165) is 13.1 Å². The average molecular weight is 404 g/mol. The maximum atomic E-state index is 2.66. The van der Waals surface area contributed by atoms with E-state index in [-0.39, 0.29) is 10.8 Å². The van der Waals surface area contributed by atoms with Crippen molar-refractivity contribution in [3.05, 3.63) is 77.1 Å². The second kappa shape index (κ2) is 4.67. The Morgan fingerprint density at radius 1 is 0.806 bits per heavy atom. The van der Waals surface area contributed by atoms with Crippen LogP contribution in [0.2, 0.25) is 0 Å². The quantitative estimate of drug-likeness (QED) is 0.276. The van der Waals surface area contributed by atoms with Crippen LogP contribution in [0.3, 0.4) is 0 Å². The molecule has 0 saturated carbocycles. The first-order chi connectivity index (χ1) is 14.9. The molecule has 0 amide bonds. The number of pyridine rings is 2. The minimum absolute atomic E-state index is 0.0158. The fourth-order valence-corrected chi connectivity index (χ4v) is 6.82. The summed E-state index contributed by atoms with van der Waals surface area (Å²) in [5.41, 5.74) is 12.9. The molecule has 3 heteroatoms. The second-order valence-corrected chi connectivity index (χ2v) is 10.7. The molecule has 150 valence electrons. The van der Waals surface area contributed by atoms with Gasteiger partial charge in [-0.05, 0) is 0 Å². The summed E-state index contributed by atoms with van der Waals surface area (Å²) < 4.78 is 7.75. The molecule has 0 unspecified atom stereocenters. The lowest BCUT2D eigenvalue weighted by molar-refractivity contribution is -0.658. The maximum Gasteiger partial charge on any atom is 0.296 e. The van der Waals surface area contributed by atoms with Gasteiger partial charge in [0.05, 0.1) is 10.8 Å². The Labute approximate surface area is 181 Å². The van der Waals surface area contributed by atoms with Crippen LogP contribution in [0.4, 0.5) is 0 Å². The number of hydrogen-bond donors (Lipinski definition) is 0. The topological polar surface area (TPSA) is 12.2 Å². The van der Waals surface area contributed by atoms with Gasteiger partial charge in [-0.25, -0.2) is 4.57 Å². The first kappa shape index (κ1) is 16.5. The number of aromatic nitrogens is 3. The van der Waals surface area contributed by atoms with Crippen LogP contribution in [-0.4, -0.2) is 4.40 Å². The largest absolute Gasteiger partial charge is 0.296 e. The summed E-state index contributed by atoms with van der Waals surface area (Å²) >= 11 is 0. The summed E-state index contributed by atoms with van der Waals surface area (Å²) in [7, 11) is 0. The van der Waals surface area contributed by atoms with Crippen LogP contribution in [0.25, 0.3) is 38.7 Å². The zero-order chi connectivity index (χ0) is 20.9. The Bertz CT molecular complexity index is 1670. The molecule has 31 heavy (non-hydrogen) atoms. The van der Waals surface area contributed by atoms with Crippen molar-refractivity contribution < 1.29 is 9.13 Å². The van der Waals surface area contributed by atoms with Crippen molar-refractivity contribution in [2.24, 2.45) is 0 Å². The second-order valence-electron chi connectivity index (χ2n) is 10.7. The molecule has 0 atom stereocenters. The molecule has 0 aliphatic carbocycles. The van der Waals surface area contributed by atoms with Crippen LogP contribution >= 0.6 is 0 Å². The molecule has 3 aromatic heterocycles. The van der Waals surface area contributed by atoms with Gasteiger partial charge in [-0.1, -0.05) is 70.2 Å². The zero-order valence-corrected chi connectivity index (χ0v) is 18.5. The van der Waals surface area contributed by atoms with Crippen molar-refractivity contribution in [2.75, 3.05) is 0 Å². The third-order valence-corrected chi connectivity index (χ3v) is 8.98. The van der Waals surface area contributed by atoms with Crippen LogP contribution in [0.15, 0.2) is 54.7 Å². The molecule has 0 bridgehead atoms. The van der Waals surface area contributed by atoms with Gasteiger partial charge in [0.15, 0.2) is 24.1 Å². The highest BCUT2D eigenvalue weighted by Crippen LogP contribution is 2.54. The molecule has 0 radical (unpaired) electrons. The van der Waals surface area contributed by atoms with Crippen LogP contribution in [0.1, 0.15) is 50.1 Å². The first-order valence-corrected chi connectivity index (χ1v) is 11.4. The lowest BCUT2D eigenvalue weighted by atomic mass is 9.60. The molecular formula is C28H25N3+2. The number of imidazole rings is 1. The zero-order valence-electron chi connectivity index (χ0n) is 18.5. The minimum Gasteiger partial charge on any atom is -0.218 e. The van der Waals surface area contributed by atoms with Crippen LogP contribution in [0, 0.1) is 0 Å². The van der Waals surface area contributed by atoms with Crippen molar-refractivity contribution in [2.45, 2.75) is 51.6 Å². The Hall–Kier alpha value is -3.20. The van der Waals surface area contributed by atoms with Crippen LogP contribution < -0.4 is 9.13 Å². The summed E-state index contributed by atoms with van der Waals surface area (Å²) in [6.45, 7) is 11.7. The third kappa shape index (κ3) is 1.53. The van der Waals surface area contributed by atoms with Crippen molar-refractivity contribution in [1.82, 2.24) is 4.40 Å². The van der Waals surface area contributed by atoms with E-state index in [4.69, 9.17) is 0 Å². The molecule has 8 rings (SSSR count). The summed E-state index contributed by atoms with van der Waals surface area (Å²) in [6.07, 6.45) is 2.33. The molecule has 5 aromatic rings. The molecule has 0 spiro atoms. The summed E-state index contributed by atoms with van der Waals surface area (Å²) in [6, 6.07) is 18.2. The highest BCUT2D eigenvalue weighted by atomic mass is 15.2. The van der Waals surface area contributed by atoms with E-state index in [2.05, 4.69) is 96.0 Å². The summed E-state index contributed by atoms with van der Waals surface area (Å²) in [5.74, 6) is 0. The lowest BCUT2D eigenvalue weighted by Gasteiger charge is -2.42. The predicted molar refractivity (Wildman–Crippen MR) is 122 cm³/mol. The highest BCUT2D eigenvalue weighted by Gasteiger charge is 2.55. The van der Waals surface area contributed by atoms with Gasteiger partial charge >= 0.3 is 0 Å². The third-order valence-electron chi connectivity index (χ3n) is 8.98. The average Bonchev–Trinajstić information content (AvgIpc) is 3.41. The highest BCUT2D eigenvalue weighted by molar-refractivity contribution is 6.13. The van der Waals surface area contributed by atoms with Crippen molar-refractivity contribution in [1.29, 1.82) is 0 Å². The van der Waals surface area contributed by atoms with Gasteiger partial charge in [0.1, 0.15) is 6.54 Å². The lowest BCUT2D eigenvalue weighted by Crippen LogP contribution is -2.46. The van der Waals surface area contributed by atoms with Crippen molar-refractivity contribution in [3.63, 3.8) is 0 Å². The molecule has 6 heterocycles. The van der Waals surface area contributed by atoms with Gasteiger partial charge in [-0.3, -0.25) is 0 Å². The molecule has 0 saturated heterocycles. The molecular weight excluding hydrogens is 378 g/mol. The predicted octanol–water partition coefficient (Wildman–Crippen LogP) is 4.78. The summed E-state index contributed by atoms with van der Waals surface area (Å²) in [4.78, 5) is 0. The van der Waals surface area contributed by atoms with Crippen molar-refractivity contribution in [3.8, 4) is 11.3 Å². The van der Waals surface area contributed by atoms with E-state index in [1.165, 1.54) is 61.1 Å². The van der Waals surface area contributed by atoms with E-state index in [1.54, 1.807) is 0 Å².